The molecule has 0 bridgehead atoms. The molecule has 0 spiro atoms. The lowest BCUT2D eigenvalue weighted by molar-refractivity contribution is -0.391. The van der Waals surface area contributed by atoms with Crippen molar-refractivity contribution < 1.29 is 4.92 Å². The van der Waals surface area contributed by atoms with Crippen LogP contribution in [0.1, 0.15) is 13.8 Å². The highest BCUT2D eigenvalue weighted by Gasteiger charge is 2.23. The Morgan fingerprint density at radius 1 is 1.26 bits per heavy atom. The van der Waals surface area contributed by atoms with Gasteiger partial charge in [-0.15, -0.1) is 10.2 Å². The molecule has 0 aliphatic heterocycles. The summed E-state index contributed by atoms with van der Waals surface area (Å²) in [5, 5.41) is 20.1. The first-order valence-corrected chi connectivity index (χ1v) is 6.52. The molecule has 19 heavy (non-hydrogen) atoms. The molecule has 2 heterocycles. The van der Waals surface area contributed by atoms with Gasteiger partial charge in [-0.1, -0.05) is 25.6 Å². The van der Waals surface area contributed by atoms with Crippen molar-refractivity contribution in [1.82, 2.24) is 24.3 Å². The van der Waals surface area contributed by atoms with E-state index in [0.717, 1.165) is 5.16 Å². The summed E-state index contributed by atoms with van der Waals surface area (Å²) in [4.78, 5) is 14.4. The van der Waals surface area contributed by atoms with Gasteiger partial charge in [-0.3, -0.25) is 0 Å². The van der Waals surface area contributed by atoms with Crippen molar-refractivity contribution in [3.05, 3.63) is 16.3 Å². The molecule has 2 rings (SSSR count). The van der Waals surface area contributed by atoms with Crippen molar-refractivity contribution >= 4 is 17.6 Å². The van der Waals surface area contributed by atoms with Crippen molar-refractivity contribution in [2.75, 3.05) is 0 Å². The Morgan fingerprint density at radius 2 is 1.95 bits per heavy atom. The van der Waals surface area contributed by atoms with E-state index in [9.17, 15) is 10.1 Å². The minimum absolute atomic E-state index is 0.0731. The minimum Gasteiger partial charge on any atom is -0.358 e. The second kappa shape index (κ2) is 5.00. The second-order valence-corrected chi connectivity index (χ2v) is 5.83. The van der Waals surface area contributed by atoms with E-state index in [0.29, 0.717) is 16.9 Å². The van der Waals surface area contributed by atoms with Gasteiger partial charge in [0.25, 0.3) is 5.82 Å². The van der Waals surface area contributed by atoms with Gasteiger partial charge in [0, 0.05) is 12.3 Å². The monoisotopic (exact) mass is 282 g/mol. The predicted molar refractivity (Wildman–Crippen MR) is 70.9 cm³/mol. The lowest BCUT2D eigenvalue weighted by atomic mass is 10.5. The first kappa shape index (κ1) is 13.5. The van der Waals surface area contributed by atoms with Crippen molar-refractivity contribution in [2.45, 2.75) is 24.3 Å². The molecule has 2 aromatic heterocycles. The Morgan fingerprint density at radius 3 is 2.47 bits per heavy atom. The zero-order valence-corrected chi connectivity index (χ0v) is 11.9. The van der Waals surface area contributed by atoms with Crippen molar-refractivity contribution in [3.63, 3.8) is 0 Å². The van der Waals surface area contributed by atoms with Crippen molar-refractivity contribution in [2.24, 2.45) is 14.1 Å². The average Bonchev–Trinajstić information content (AvgIpc) is 2.84. The van der Waals surface area contributed by atoms with Crippen molar-refractivity contribution in [3.8, 4) is 11.6 Å². The lowest BCUT2D eigenvalue weighted by Gasteiger charge is -2.04. The Balaban J connectivity index is 2.43. The maximum absolute atomic E-state index is 10.8. The van der Waals surface area contributed by atoms with Crippen LogP contribution in [-0.2, 0) is 14.1 Å². The highest BCUT2D eigenvalue weighted by atomic mass is 32.2. The van der Waals surface area contributed by atoms with E-state index in [2.05, 4.69) is 29.0 Å². The number of hydrogen-bond donors (Lipinski definition) is 0. The summed E-state index contributed by atoms with van der Waals surface area (Å²) >= 11 is 1.58. The predicted octanol–water partition coefficient (Wildman–Crippen LogP) is 1.62. The van der Waals surface area contributed by atoms with Crippen LogP contribution < -0.4 is 0 Å². The number of nitrogens with zero attached hydrogens (tertiary/aromatic N) is 6. The van der Waals surface area contributed by atoms with E-state index < -0.39 is 4.92 Å². The molecule has 2 aromatic rings. The Bertz CT molecular complexity index is 618. The van der Waals surface area contributed by atoms with Gasteiger partial charge in [-0.25, -0.2) is 9.55 Å². The first-order valence-electron chi connectivity index (χ1n) is 5.64. The minimum atomic E-state index is -0.476. The third kappa shape index (κ3) is 2.46. The van der Waals surface area contributed by atoms with Gasteiger partial charge in [0.05, 0.1) is 7.05 Å². The molecule has 0 aliphatic rings. The standard InChI is InChI=1S/C10H14N6O2S/c1-6(2)19-10-13-12-9(15(10)4)8-11-5-7(14(8)3)16(17)18/h5-6H,1-4H3. The molecule has 0 unspecified atom stereocenters. The van der Waals surface area contributed by atoms with E-state index in [1.165, 1.54) is 10.8 Å². The van der Waals surface area contributed by atoms with Crippen LogP contribution in [0.15, 0.2) is 11.4 Å². The summed E-state index contributed by atoms with van der Waals surface area (Å²) in [5.41, 5.74) is 0. The van der Waals surface area contributed by atoms with Gasteiger partial charge < -0.3 is 14.7 Å². The normalized spacial score (nSPS) is 11.2. The Hall–Kier alpha value is -1.90. The van der Waals surface area contributed by atoms with Crippen LogP contribution in [0.5, 0.6) is 0 Å². The maximum Gasteiger partial charge on any atom is 0.343 e. The molecule has 0 atom stereocenters. The molecular weight excluding hydrogens is 268 g/mol. The molecule has 0 radical (unpaired) electrons. The molecule has 9 heteroatoms. The number of thioether (sulfide) groups is 1. The highest BCUT2D eigenvalue weighted by molar-refractivity contribution is 7.99. The smallest absolute Gasteiger partial charge is 0.343 e. The molecule has 0 fully saturated rings. The van der Waals surface area contributed by atoms with Crippen LogP contribution in [0.4, 0.5) is 5.82 Å². The van der Waals surface area contributed by atoms with E-state index in [4.69, 9.17) is 0 Å². The SMILES string of the molecule is CC(C)Sc1nnc(-c2ncc([N+](=O)[O-])n2C)n1C. The summed E-state index contributed by atoms with van der Waals surface area (Å²) in [6.45, 7) is 4.12. The van der Waals surface area contributed by atoms with E-state index in [-0.39, 0.29) is 5.82 Å². The van der Waals surface area contributed by atoms with Gasteiger partial charge >= 0.3 is 5.82 Å². The molecule has 0 aliphatic carbocycles. The molecule has 102 valence electrons. The van der Waals surface area contributed by atoms with Crippen molar-refractivity contribution in [1.29, 1.82) is 0 Å². The number of rotatable bonds is 4. The Kier molecular flexibility index (Phi) is 3.56. The fourth-order valence-corrected chi connectivity index (χ4v) is 2.36. The van der Waals surface area contributed by atoms with Crippen LogP contribution in [0, 0.1) is 10.1 Å². The van der Waals surface area contributed by atoms with Crippen LogP contribution in [0.3, 0.4) is 0 Å². The summed E-state index contributed by atoms with van der Waals surface area (Å²) in [6, 6.07) is 0. The van der Waals surface area contributed by atoms with Crippen LogP contribution in [0.2, 0.25) is 0 Å². The highest BCUT2D eigenvalue weighted by Crippen LogP contribution is 2.26. The van der Waals surface area contributed by atoms with Crippen LogP contribution in [-0.4, -0.2) is 34.5 Å². The summed E-state index contributed by atoms with van der Waals surface area (Å²) in [6.07, 6.45) is 1.22. The maximum atomic E-state index is 10.8. The third-order valence-corrected chi connectivity index (χ3v) is 3.56. The van der Waals surface area contributed by atoms with Gasteiger partial charge in [0.15, 0.2) is 5.16 Å². The average molecular weight is 282 g/mol. The Labute approximate surface area is 114 Å². The lowest BCUT2D eigenvalue weighted by Crippen LogP contribution is -2.03. The number of nitro groups is 1. The molecule has 0 saturated heterocycles. The molecule has 0 amide bonds. The molecular formula is C10H14N6O2S. The van der Waals surface area contributed by atoms with E-state index in [1.54, 1.807) is 23.4 Å². The molecule has 8 nitrogen and oxygen atoms in total. The van der Waals surface area contributed by atoms with Gasteiger partial charge in [-0.2, -0.15) is 0 Å². The first-order chi connectivity index (χ1) is 8.91. The summed E-state index contributed by atoms with van der Waals surface area (Å²) in [5.74, 6) is 0.868. The van der Waals surface area contributed by atoms with E-state index >= 15 is 0 Å². The quantitative estimate of drug-likeness (QED) is 0.481. The van der Waals surface area contributed by atoms with Crippen LogP contribution in [0.25, 0.3) is 11.6 Å². The molecule has 0 aromatic carbocycles. The van der Waals surface area contributed by atoms with Crippen LogP contribution >= 0.6 is 11.8 Å². The number of aromatic nitrogens is 5. The van der Waals surface area contributed by atoms with Gasteiger partial charge in [0.1, 0.15) is 6.20 Å². The summed E-state index contributed by atoms with van der Waals surface area (Å²) < 4.78 is 3.19. The number of hydrogen-bond acceptors (Lipinski definition) is 6. The summed E-state index contributed by atoms with van der Waals surface area (Å²) in [7, 11) is 3.41. The topological polar surface area (TPSA) is 91.7 Å². The molecule has 0 N–H and O–H groups in total. The number of imidazole rings is 1. The largest absolute Gasteiger partial charge is 0.358 e. The zero-order chi connectivity index (χ0) is 14.2. The van der Waals surface area contributed by atoms with Gasteiger partial charge in [0.2, 0.25) is 5.82 Å². The van der Waals surface area contributed by atoms with Gasteiger partial charge in [-0.05, 0) is 4.92 Å². The molecule has 0 saturated carbocycles. The fourth-order valence-electron chi connectivity index (χ4n) is 1.60. The fraction of sp³-hybridized carbons (Fsp3) is 0.500. The third-order valence-electron chi connectivity index (χ3n) is 2.53. The second-order valence-electron chi connectivity index (χ2n) is 4.29. The zero-order valence-electron chi connectivity index (χ0n) is 11.1. The van der Waals surface area contributed by atoms with E-state index in [1.807, 2.05) is 7.05 Å².